The number of hydrogen-bond donors (Lipinski definition) is 1. The van der Waals surface area contributed by atoms with Crippen LogP contribution in [0.3, 0.4) is 0 Å². The number of anilines is 1. The SMILES string of the molecule is COc1ccc(-c2ccnnc2N)cc1F. The molecule has 1 aromatic heterocycles. The van der Waals surface area contributed by atoms with E-state index in [0.29, 0.717) is 11.1 Å². The molecule has 0 amide bonds. The summed E-state index contributed by atoms with van der Waals surface area (Å²) in [6.07, 6.45) is 1.51. The zero-order chi connectivity index (χ0) is 11.5. The Morgan fingerprint density at radius 2 is 2.12 bits per heavy atom. The van der Waals surface area contributed by atoms with E-state index in [1.54, 1.807) is 18.2 Å². The van der Waals surface area contributed by atoms with E-state index in [2.05, 4.69) is 10.2 Å². The second-order valence-electron chi connectivity index (χ2n) is 3.18. The number of nitrogens with zero attached hydrogens (tertiary/aromatic N) is 2. The number of nitrogens with two attached hydrogens (primary N) is 1. The minimum atomic E-state index is -0.434. The number of aromatic nitrogens is 2. The predicted molar refractivity (Wildman–Crippen MR) is 58.4 cm³/mol. The maximum atomic E-state index is 13.5. The van der Waals surface area contributed by atoms with Gasteiger partial charge in [0.05, 0.1) is 13.3 Å². The quantitative estimate of drug-likeness (QED) is 0.837. The maximum absolute atomic E-state index is 13.5. The van der Waals surface area contributed by atoms with E-state index in [9.17, 15) is 4.39 Å². The van der Waals surface area contributed by atoms with E-state index in [0.717, 1.165) is 0 Å². The van der Waals surface area contributed by atoms with E-state index in [1.807, 2.05) is 0 Å². The van der Waals surface area contributed by atoms with Crippen LogP contribution in [0.2, 0.25) is 0 Å². The molecule has 16 heavy (non-hydrogen) atoms. The predicted octanol–water partition coefficient (Wildman–Crippen LogP) is 1.87. The van der Waals surface area contributed by atoms with Crippen molar-refractivity contribution >= 4 is 5.82 Å². The summed E-state index contributed by atoms with van der Waals surface area (Å²) in [5.41, 5.74) is 6.94. The molecule has 1 heterocycles. The minimum absolute atomic E-state index is 0.198. The number of hydrogen-bond acceptors (Lipinski definition) is 4. The highest BCUT2D eigenvalue weighted by Gasteiger charge is 2.07. The highest BCUT2D eigenvalue weighted by molar-refractivity contribution is 5.73. The van der Waals surface area contributed by atoms with Gasteiger partial charge in [-0.1, -0.05) is 6.07 Å². The molecule has 0 saturated heterocycles. The van der Waals surface area contributed by atoms with Crippen molar-refractivity contribution in [2.45, 2.75) is 0 Å². The van der Waals surface area contributed by atoms with E-state index >= 15 is 0 Å². The standard InChI is InChI=1S/C11H10FN3O/c1-16-10-3-2-7(6-9(10)12)8-4-5-14-15-11(8)13/h2-6H,1H3,(H2,13,15). The smallest absolute Gasteiger partial charge is 0.165 e. The average molecular weight is 219 g/mol. The van der Waals surface area contributed by atoms with Crippen LogP contribution in [0.5, 0.6) is 5.75 Å². The van der Waals surface area contributed by atoms with Crippen molar-refractivity contribution < 1.29 is 9.13 Å². The zero-order valence-corrected chi connectivity index (χ0v) is 8.64. The van der Waals surface area contributed by atoms with Gasteiger partial charge in [-0.05, 0) is 23.8 Å². The van der Waals surface area contributed by atoms with E-state index < -0.39 is 5.82 Å². The Kier molecular flexibility index (Phi) is 2.68. The van der Waals surface area contributed by atoms with Crippen LogP contribution in [0.15, 0.2) is 30.5 Å². The first-order chi connectivity index (χ1) is 7.72. The van der Waals surface area contributed by atoms with E-state index in [4.69, 9.17) is 10.5 Å². The molecule has 0 bridgehead atoms. The van der Waals surface area contributed by atoms with Crippen molar-refractivity contribution in [3.05, 3.63) is 36.3 Å². The van der Waals surface area contributed by atoms with Crippen LogP contribution in [-0.4, -0.2) is 17.3 Å². The molecular weight excluding hydrogens is 209 g/mol. The van der Waals surface area contributed by atoms with Gasteiger partial charge in [-0.3, -0.25) is 0 Å². The van der Waals surface area contributed by atoms with Crippen LogP contribution in [0.4, 0.5) is 10.2 Å². The Balaban J connectivity index is 2.50. The lowest BCUT2D eigenvalue weighted by molar-refractivity contribution is 0.386. The number of rotatable bonds is 2. The highest BCUT2D eigenvalue weighted by atomic mass is 19.1. The topological polar surface area (TPSA) is 61.0 Å². The summed E-state index contributed by atoms with van der Waals surface area (Å²) in [6, 6.07) is 6.30. The van der Waals surface area contributed by atoms with E-state index in [1.165, 1.54) is 19.4 Å². The Hall–Kier alpha value is -2.17. The molecule has 0 unspecified atom stereocenters. The van der Waals surface area contributed by atoms with Crippen molar-refractivity contribution in [3.8, 4) is 16.9 Å². The van der Waals surface area contributed by atoms with Crippen molar-refractivity contribution in [1.29, 1.82) is 0 Å². The third-order valence-electron chi connectivity index (χ3n) is 2.21. The van der Waals surface area contributed by atoms with Gasteiger partial charge in [0, 0.05) is 5.56 Å². The first-order valence-corrected chi connectivity index (χ1v) is 4.63. The van der Waals surface area contributed by atoms with Gasteiger partial charge in [0.25, 0.3) is 0 Å². The highest BCUT2D eigenvalue weighted by Crippen LogP contribution is 2.27. The molecule has 2 aromatic rings. The first kappa shape index (κ1) is 10.4. The van der Waals surface area contributed by atoms with Crippen molar-refractivity contribution in [2.75, 3.05) is 12.8 Å². The van der Waals surface area contributed by atoms with Crippen LogP contribution >= 0.6 is 0 Å². The molecule has 0 aliphatic rings. The van der Waals surface area contributed by atoms with Gasteiger partial charge in [0.2, 0.25) is 0 Å². The monoisotopic (exact) mass is 219 g/mol. The van der Waals surface area contributed by atoms with E-state index in [-0.39, 0.29) is 11.6 Å². The van der Waals surface area contributed by atoms with Crippen LogP contribution in [0.1, 0.15) is 0 Å². The molecule has 82 valence electrons. The van der Waals surface area contributed by atoms with Gasteiger partial charge in [0.15, 0.2) is 17.4 Å². The molecule has 0 radical (unpaired) electrons. The van der Waals surface area contributed by atoms with Gasteiger partial charge in [-0.15, -0.1) is 5.10 Å². The molecule has 0 fully saturated rings. The Morgan fingerprint density at radius 3 is 2.75 bits per heavy atom. The second kappa shape index (κ2) is 4.14. The second-order valence-corrected chi connectivity index (χ2v) is 3.18. The lowest BCUT2D eigenvalue weighted by Gasteiger charge is -2.06. The van der Waals surface area contributed by atoms with Gasteiger partial charge < -0.3 is 10.5 Å². The summed E-state index contributed by atoms with van der Waals surface area (Å²) in [5, 5.41) is 7.33. The molecule has 5 heteroatoms. The van der Waals surface area contributed by atoms with Crippen LogP contribution in [-0.2, 0) is 0 Å². The normalized spacial score (nSPS) is 10.1. The summed E-state index contributed by atoms with van der Waals surface area (Å²) in [5.74, 6) is 0.0348. The molecule has 0 atom stereocenters. The molecular formula is C11H10FN3O. The Labute approximate surface area is 91.9 Å². The molecule has 2 rings (SSSR count). The fourth-order valence-corrected chi connectivity index (χ4v) is 1.42. The lowest BCUT2D eigenvalue weighted by Crippen LogP contribution is -1.96. The third kappa shape index (κ3) is 1.79. The van der Waals surface area contributed by atoms with Crippen LogP contribution < -0.4 is 10.5 Å². The van der Waals surface area contributed by atoms with Crippen LogP contribution in [0, 0.1) is 5.82 Å². The molecule has 0 aliphatic heterocycles. The van der Waals surface area contributed by atoms with Crippen LogP contribution in [0.25, 0.3) is 11.1 Å². The number of nitrogen functional groups attached to an aromatic ring is 1. The molecule has 0 aliphatic carbocycles. The fraction of sp³-hybridized carbons (Fsp3) is 0.0909. The largest absolute Gasteiger partial charge is 0.494 e. The van der Waals surface area contributed by atoms with Gasteiger partial charge >= 0.3 is 0 Å². The summed E-state index contributed by atoms with van der Waals surface area (Å²) >= 11 is 0. The number of ether oxygens (including phenoxy) is 1. The molecule has 2 N–H and O–H groups in total. The number of benzene rings is 1. The summed E-state index contributed by atoms with van der Waals surface area (Å²) in [7, 11) is 1.42. The summed E-state index contributed by atoms with van der Waals surface area (Å²) < 4.78 is 18.3. The van der Waals surface area contributed by atoms with Gasteiger partial charge in [-0.2, -0.15) is 5.10 Å². The van der Waals surface area contributed by atoms with Crippen molar-refractivity contribution in [2.24, 2.45) is 0 Å². The first-order valence-electron chi connectivity index (χ1n) is 4.63. The Morgan fingerprint density at radius 1 is 1.31 bits per heavy atom. The number of halogens is 1. The molecule has 1 aromatic carbocycles. The molecule has 4 nitrogen and oxygen atoms in total. The van der Waals surface area contributed by atoms with Crippen molar-refractivity contribution in [1.82, 2.24) is 10.2 Å². The summed E-state index contributed by atoms with van der Waals surface area (Å²) in [4.78, 5) is 0. The van der Waals surface area contributed by atoms with Crippen molar-refractivity contribution in [3.63, 3.8) is 0 Å². The maximum Gasteiger partial charge on any atom is 0.165 e. The fourth-order valence-electron chi connectivity index (χ4n) is 1.42. The average Bonchev–Trinajstić information content (AvgIpc) is 2.29. The Bertz CT molecular complexity index is 516. The van der Waals surface area contributed by atoms with Gasteiger partial charge in [0.1, 0.15) is 0 Å². The summed E-state index contributed by atoms with van der Waals surface area (Å²) in [6.45, 7) is 0. The molecule has 0 spiro atoms. The van der Waals surface area contributed by atoms with Gasteiger partial charge in [-0.25, -0.2) is 4.39 Å². The minimum Gasteiger partial charge on any atom is -0.494 e. The lowest BCUT2D eigenvalue weighted by atomic mass is 10.1. The third-order valence-corrected chi connectivity index (χ3v) is 2.21. The zero-order valence-electron chi connectivity index (χ0n) is 8.64. The number of methoxy groups -OCH3 is 1. The molecule has 0 saturated carbocycles.